The van der Waals surface area contributed by atoms with Gasteiger partial charge in [-0.3, -0.25) is 4.79 Å². The third-order valence-corrected chi connectivity index (χ3v) is 4.31. The van der Waals surface area contributed by atoms with Crippen LogP contribution >= 0.6 is 22.9 Å². The Balaban J connectivity index is 1.67. The predicted octanol–water partition coefficient (Wildman–Crippen LogP) is 4.79. The first-order chi connectivity index (χ1) is 11.6. The molecule has 3 rings (SSSR count). The Morgan fingerprint density at radius 1 is 1.21 bits per heavy atom. The second-order valence-electron chi connectivity index (χ2n) is 5.09. The van der Waals surface area contributed by atoms with E-state index >= 15 is 0 Å². The third kappa shape index (κ3) is 4.13. The molecule has 0 aliphatic heterocycles. The quantitative estimate of drug-likeness (QED) is 0.713. The molecule has 2 aromatic carbocycles. The number of hydrogen-bond donors (Lipinski definition) is 1. The second kappa shape index (κ2) is 7.47. The monoisotopic (exact) mass is 358 g/mol. The standard InChI is InChI=1S/C18H15ClN2O2S/c1-12-20-17(11-24-12)15-4-2-3-5-16(15)21-18(22)10-23-14-8-6-13(19)7-9-14/h2-9,11H,10H2,1H3,(H,21,22). The number of amides is 1. The van der Waals surface area contributed by atoms with Gasteiger partial charge in [-0.25, -0.2) is 4.98 Å². The number of rotatable bonds is 5. The zero-order chi connectivity index (χ0) is 16.9. The molecule has 1 heterocycles. The van der Waals surface area contributed by atoms with Crippen LogP contribution in [-0.4, -0.2) is 17.5 Å². The van der Waals surface area contributed by atoms with Gasteiger partial charge in [0.15, 0.2) is 6.61 Å². The summed E-state index contributed by atoms with van der Waals surface area (Å²) in [5.41, 5.74) is 2.46. The van der Waals surface area contributed by atoms with Crippen molar-refractivity contribution in [2.75, 3.05) is 11.9 Å². The molecule has 24 heavy (non-hydrogen) atoms. The summed E-state index contributed by atoms with van der Waals surface area (Å²) in [4.78, 5) is 16.6. The zero-order valence-electron chi connectivity index (χ0n) is 13.0. The van der Waals surface area contributed by atoms with Crippen LogP contribution in [0.2, 0.25) is 5.02 Å². The minimum atomic E-state index is -0.232. The molecule has 0 atom stereocenters. The highest BCUT2D eigenvalue weighted by molar-refractivity contribution is 7.09. The molecule has 1 amide bonds. The Hall–Kier alpha value is -2.37. The van der Waals surface area contributed by atoms with Crippen LogP contribution in [0.5, 0.6) is 5.75 Å². The van der Waals surface area contributed by atoms with Crippen LogP contribution in [0, 0.1) is 6.92 Å². The minimum absolute atomic E-state index is 0.0773. The summed E-state index contributed by atoms with van der Waals surface area (Å²) < 4.78 is 5.46. The number of aryl methyl sites for hydroxylation is 1. The van der Waals surface area contributed by atoms with Crippen molar-refractivity contribution in [2.24, 2.45) is 0 Å². The van der Waals surface area contributed by atoms with E-state index in [0.717, 1.165) is 16.3 Å². The van der Waals surface area contributed by atoms with Crippen LogP contribution in [-0.2, 0) is 4.79 Å². The van der Waals surface area contributed by atoms with Crippen LogP contribution in [0.25, 0.3) is 11.3 Å². The summed E-state index contributed by atoms with van der Waals surface area (Å²) >= 11 is 7.40. The Labute approximate surface area is 149 Å². The van der Waals surface area contributed by atoms with Gasteiger partial charge in [-0.15, -0.1) is 11.3 Å². The van der Waals surface area contributed by atoms with Crippen molar-refractivity contribution < 1.29 is 9.53 Å². The van der Waals surface area contributed by atoms with Gasteiger partial charge in [0, 0.05) is 16.0 Å². The molecule has 0 saturated carbocycles. The second-order valence-corrected chi connectivity index (χ2v) is 6.59. The Morgan fingerprint density at radius 2 is 1.96 bits per heavy atom. The molecule has 0 spiro atoms. The zero-order valence-corrected chi connectivity index (χ0v) is 14.5. The summed E-state index contributed by atoms with van der Waals surface area (Å²) in [6, 6.07) is 14.5. The fourth-order valence-electron chi connectivity index (χ4n) is 2.17. The smallest absolute Gasteiger partial charge is 0.262 e. The number of benzene rings is 2. The number of para-hydroxylation sites is 1. The van der Waals surface area contributed by atoms with Crippen LogP contribution in [0.3, 0.4) is 0 Å². The molecule has 0 aliphatic rings. The van der Waals surface area contributed by atoms with Gasteiger partial charge in [0.2, 0.25) is 0 Å². The highest BCUT2D eigenvalue weighted by atomic mass is 35.5. The van der Waals surface area contributed by atoms with Crippen LogP contribution in [0.1, 0.15) is 5.01 Å². The van der Waals surface area contributed by atoms with E-state index < -0.39 is 0 Å². The summed E-state index contributed by atoms with van der Waals surface area (Å²) in [7, 11) is 0. The van der Waals surface area contributed by atoms with E-state index in [1.54, 1.807) is 35.6 Å². The maximum absolute atomic E-state index is 12.2. The first kappa shape index (κ1) is 16.5. The van der Waals surface area contributed by atoms with E-state index in [2.05, 4.69) is 10.3 Å². The number of nitrogens with one attached hydrogen (secondary N) is 1. The van der Waals surface area contributed by atoms with Crippen molar-refractivity contribution in [3.63, 3.8) is 0 Å². The van der Waals surface area contributed by atoms with Crippen molar-refractivity contribution in [1.82, 2.24) is 4.98 Å². The number of hydrogen-bond acceptors (Lipinski definition) is 4. The number of carbonyl (C=O) groups excluding carboxylic acids is 1. The average molecular weight is 359 g/mol. The van der Waals surface area contributed by atoms with Crippen molar-refractivity contribution in [3.05, 3.63) is 63.9 Å². The summed E-state index contributed by atoms with van der Waals surface area (Å²) in [5, 5.41) is 6.46. The van der Waals surface area contributed by atoms with Gasteiger partial charge in [0.05, 0.1) is 16.4 Å². The maximum Gasteiger partial charge on any atom is 0.262 e. The number of anilines is 1. The number of halogens is 1. The van der Waals surface area contributed by atoms with Crippen molar-refractivity contribution >= 4 is 34.5 Å². The Kier molecular flexibility index (Phi) is 5.13. The Morgan fingerprint density at radius 3 is 2.67 bits per heavy atom. The SMILES string of the molecule is Cc1nc(-c2ccccc2NC(=O)COc2ccc(Cl)cc2)cs1. The van der Waals surface area contributed by atoms with Crippen LogP contribution in [0.4, 0.5) is 5.69 Å². The Bertz CT molecular complexity index is 846. The number of nitrogens with zero attached hydrogens (tertiary/aromatic N) is 1. The molecule has 0 saturated heterocycles. The molecule has 3 aromatic rings. The molecule has 4 nitrogen and oxygen atoms in total. The van der Waals surface area contributed by atoms with Gasteiger partial charge in [0.25, 0.3) is 5.91 Å². The molecule has 0 unspecified atom stereocenters. The van der Waals surface area contributed by atoms with Crippen molar-refractivity contribution in [3.8, 4) is 17.0 Å². The lowest BCUT2D eigenvalue weighted by molar-refractivity contribution is -0.118. The van der Waals surface area contributed by atoms with Gasteiger partial charge < -0.3 is 10.1 Å². The first-order valence-electron chi connectivity index (χ1n) is 7.31. The minimum Gasteiger partial charge on any atom is -0.484 e. The molecule has 0 fully saturated rings. The summed E-state index contributed by atoms with van der Waals surface area (Å²) in [6.07, 6.45) is 0. The molecule has 122 valence electrons. The molecule has 1 N–H and O–H groups in total. The molecule has 0 radical (unpaired) electrons. The van der Waals surface area contributed by atoms with Gasteiger partial charge in [0.1, 0.15) is 5.75 Å². The van der Waals surface area contributed by atoms with Gasteiger partial charge in [-0.05, 0) is 37.3 Å². The molecule has 1 aromatic heterocycles. The lowest BCUT2D eigenvalue weighted by Crippen LogP contribution is -2.20. The highest BCUT2D eigenvalue weighted by Crippen LogP contribution is 2.28. The normalized spacial score (nSPS) is 10.4. The number of aromatic nitrogens is 1. The van der Waals surface area contributed by atoms with Gasteiger partial charge >= 0.3 is 0 Å². The molecule has 6 heteroatoms. The van der Waals surface area contributed by atoms with E-state index in [9.17, 15) is 4.79 Å². The summed E-state index contributed by atoms with van der Waals surface area (Å²) in [5.74, 6) is 0.363. The van der Waals surface area contributed by atoms with E-state index in [4.69, 9.17) is 16.3 Å². The van der Waals surface area contributed by atoms with E-state index in [-0.39, 0.29) is 12.5 Å². The van der Waals surface area contributed by atoms with Gasteiger partial charge in [-0.1, -0.05) is 29.8 Å². The molecule has 0 bridgehead atoms. The van der Waals surface area contributed by atoms with E-state index in [1.165, 1.54) is 0 Å². The fraction of sp³-hybridized carbons (Fsp3) is 0.111. The first-order valence-corrected chi connectivity index (χ1v) is 8.57. The lowest BCUT2D eigenvalue weighted by atomic mass is 10.1. The van der Waals surface area contributed by atoms with Crippen LogP contribution < -0.4 is 10.1 Å². The number of carbonyl (C=O) groups is 1. The average Bonchev–Trinajstić information content (AvgIpc) is 3.01. The lowest BCUT2D eigenvalue weighted by Gasteiger charge is -2.10. The van der Waals surface area contributed by atoms with Gasteiger partial charge in [-0.2, -0.15) is 0 Å². The van der Waals surface area contributed by atoms with E-state index in [0.29, 0.717) is 16.5 Å². The predicted molar refractivity (Wildman–Crippen MR) is 97.9 cm³/mol. The van der Waals surface area contributed by atoms with E-state index in [1.807, 2.05) is 36.6 Å². The maximum atomic E-state index is 12.2. The number of thiazole rings is 1. The largest absolute Gasteiger partial charge is 0.484 e. The fourth-order valence-corrected chi connectivity index (χ4v) is 2.91. The number of ether oxygens (including phenoxy) is 1. The summed E-state index contributed by atoms with van der Waals surface area (Å²) in [6.45, 7) is 1.88. The third-order valence-electron chi connectivity index (χ3n) is 3.28. The topological polar surface area (TPSA) is 51.2 Å². The van der Waals surface area contributed by atoms with Crippen molar-refractivity contribution in [1.29, 1.82) is 0 Å². The highest BCUT2D eigenvalue weighted by Gasteiger charge is 2.11. The molecular weight excluding hydrogens is 344 g/mol. The van der Waals surface area contributed by atoms with Crippen LogP contribution in [0.15, 0.2) is 53.9 Å². The van der Waals surface area contributed by atoms with Crippen molar-refractivity contribution in [2.45, 2.75) is 6.92 Å². The molecule has 0 aliphatic carbocycles. The molecular formula is C18H15ClN2O2S.